The van der Waals surface area contributed by atoms with Gasteiger partial charge in [0.05, 0.1) is 12.2 Å². The highest BCUT2D eigenvalue weighted by atomic mass is 15.1. The number of pyridine rings is 1. The maximum atomic E-state index is 5.47. The van der Waals surface area contributed by atoms with Crippen LogP contribution in [-0.2, 0) is 6.54 Å². The van der Waals surface area contributed by atoms with E-state index >= 15 is 0 Å². The average molecular weight is 178 g/mol. The first-order valence-corrected chi connectivity index (χ1v) is 4.11. The Morgan fingerprint density at radius 3 is 3.00 bits per heavy atom. The molecule has 70 valence electrons. The van der Waals surface area contributed by atoms with E-state index in [2.05, 4.69) is 15.3 Å². The van der Waals surface area contributed by atoms with Gasteiger partial charge in [-0.15, -0.1) is 0 Å². The van der Waals surface area contributed by atoms with E-state index in [1.165, 1.54) is 0 Å². The van der Waals surface area contributed by atoms with Crippen LogP contribution in [0.4, 0.5) is 0 Å². The summed E-state index contributed by atoms with van der Waals surface area (Å²) in [7, 11) is 1.64. The Bertz CT molecular complexity index is 306. The van der Waals surface area contributed by atoms with Gasteiger partial charge in [0, 0.05) is 12.7 Å². The van der Waals surface area contributed by atoms with E-state index in [0.29, 0.717) is 12.5 Å². The second kappa shape index (κ2) is 4.45. The first-order chi connectivity index (χ1) is 6.22. The van der Waals surface area contributed by atoms with Crippen molar-refractivity contribution in [3.8, 4) is 0 Å². The zero-order valence-corrected chi connectivity index (χ0v) is 7.91. The van der Waals surface area contributed by atoms with E-state index < -0.39 is 0 Å². The molecule has 4 nitrogen and oxygen atoms in total. The quantitative estimate of drug-likeness (QED) is 0.509. The van der Waals surface area contributed by atoms with Crippen LogP contribution < -0.4 is 11.1 Å². The van der Waals surface area contributed by atoms with E-state index in [1.807, 2.05) is 25.1 Å². The van der Waals surface area contributed by atoms with Crippen LogP contribution in [0.25, 0.3) is 0 Å². The number of hydrogen-bond acceptors (Lipinski definition) is 2. The molecule has 0 aliphatic carbocycles. The number of aliphatic imine (C=N–C) groups is 1. The normalized spacial score (nSPS) is 11.4. The molecular formula is C9H14N4. The smallest absolute Gasteiger partial charge is 0.188 e. The Labute approximate surface area is 77.9 Å². The topological polar surface area (TPSA) is 63.3 Å². The van der Waals surface area contributed by atoms with Gasteiger partial charge in [0.15, 0.2) is 5.96 Å². The van der Waals surface area contributed by atoms with Gasteiger partial charge >= 0.3 is 0 Å². The summed E-state index contributed by atoms with van der Waals surface area (Å²) >= 11 is 0. The molecule has 1 aromatic rings. The van der Waals surface area contributed by atoms with Gasteiger partial charge in [-0.25, -0.2) is 0 Å². The molecule has 0 radical (unpaired) electrons. The summed E-state index contributed by atoms with van der Waals surface area (Å²) in [6.07, 6.45) is 0. The van der Waals surface area contributed by atoms with Gasteiger partial charge in [0.25, 0.3) is 0 Å². The molecule has 0 aliphatic heterocycles. The number of nitrogens with zero attached hydrogens (tertiary/aromatic N) is 2. The van der Waals surface area contributed by atoms with Crippen LogP contribution >= 0.6 is 0 Å². The highest BCUT2D eigenvalue weighted by Gasteiger charge is 1.94. The fraction of sp³-hybridized carbons (Fsp3) is 0.333. The van der Waals surface area contributed by atoms with Crippen molar-refractivity contribution in [3.63, 3.8) is 0 Å². The predicted molar refractivity (Wildman–Crippen MR) is 53.4 cm³/mol. The van der Waals surface area contributed by atoms with Crippen molar-refractivity contribution in [1.29, 1.82) is 0 Å². The molecule has 1 heterocycles. The molecule has 0 aromatic carbocycles. The molecular weight excluding hydrogens is 164 g/mol. The zero-order valence-electron chi connectivity index (χ0n) is 7.91. The predicted octanol–water partition coefficient (Wildman–Crippen LogP) is 0.424. The highest BCUT2D eigenvalue weighted by molar-refractivity contribution is 5.77. The Kier molecular flexibility index (Phi) is 3.25. The van der Waals surface area contributed by atoms with E-state index in [-0.39, 0.29) is 0 Å². The minimum absolute atomic E-state index is 0.434. The molecule has 1 aromatic heterocycles. The van der Waals surface area contributed by atoms with Crippen molar-refractivity contribution < 1.29 is 0 Å². The fourth-order valence-corrected chi connectivity index (χ4v) is 0.958. The monoisotopic (exact) mass is 178 g/mol. The van der Waals surface area contributed by atoms with Gasteiger partial charge in [-0.2, -0.15) is 0 Å². The van der Waals surface area contributed by atoms with Crippen molar-refractivity contribution in [2.75, 3.05) is 7.05 Å². The fourth-order valence-electron chi connectivity index (χ4n) is 0.958. The first-order valence-electron chi connectivity index (χ1n) is 4.11. The number of nitrogens with one attached hydrogen (secondary N) is 1. The lowest BCUT2D eigenvalue weighted by molar-refractivity contribution is 0.855. The molecule has 13 heavy (non-hydrogen) atoms. The van der Waals surface area contributed by atoms with Crippen LogP contribution in [0.1, 0.15) is 11.4 Å². The molecule has 0 atom stereocenters. The summed E-state index contributed by atoms with van der Waals surface area (Å²) in [4.78, 5) is 8.09. The maximum absolute atomic E-state index is 5.47. The lowest BCUT2D eigenvalue weighted by Gasteiger charge is -2.04. The lowest BCUT2D eigenvalue weighted by Crippen LogP contribution is -2.31. The molecule has 0 amide bonds. The summed E-state index contributed by atoms with van der Waals surface area (Å²) in [5, 5.41) is 2.94. The average Bonchev–Trinajstić information content (AvgIpc) is 2.14. The minimum atomic E-state index is 0.434. The number of aromatic nitrogens is 1. The van der Waals surface area contributed by atoms with Crippen LogP contribution in [0, 0.1) is 6.92 Å². The number of nitrogens with two attached hydrogens (primary N) is 1. The van der Waals surface area contributed by atoms with Gasteiger partial charge < -0.3 is 11.1 Å². The highest BCUT2D eigenvalue weighted by Crippen LogP contribution is 1.96. The first kappa shape index (κ1) is 9.51. The van der Waals surface area contributed by atoms with E-state index in [9.17, 15) is 0 Å². The maximum Gasteiger partial charge on any atom is 0.188 e. The standard InChI is InChI=1S/C9H14N4/c1-7-4-3-5-8(13-7)6-12-9(10)11-2/h3-5H,6H2,1-2H3,(H3,10,11,12). The summed E-state index contributed by atoms with van der Waals surface area (Å²) in [6, 6.07) is 5.88. The molecule has 0 bridgehead atoms. The molecule has 3 N–H and O–H groups in total. The van der Waals surface area contributed by atoms with E-state index in [1.54, 1.807) is 7.05 Å². The van der Waals surface area contributed by atoms with E-state index in [0.717, 1.165) is 11.4 Å². The van der Waals surface area contributed by atoms with Crippen molar-refractivity contribution in [3.05, 3.63) is 29.6 Å². The van der Waals surface area contributed by atoms with Crippen LogP contribution in [0.15, 0.2) is 23.2 Å². The Hall–Kier alpha value is -1.58. The summed E-state index contributed by atoms with van der Waals surface area (Å²) < 4.78 is 0. The third-order valence-electron chi connectivity index (χ3n) is 1.64. The molecule has 1 rings (SSSR count). The SMILES string of the molecule is CN=C(N)NCc1cccc(C)n1. The molecule has 4 heteroatoms. The van der Waals surface area contributed by atoms with Gasteiger partial charge in [-0.05, 0) is 19.1 Å². The largest absolute Gasteiger partial charge is 0.370 e. The molecule has 0 spiro atoms. The summed E-state index contributed by atoms with van der Waals surface area (Å²) in [5.41, 5.74) is 7.44. The second-order valence-electron chi connectivity index (χ2n) is 2.73. The molecule has 0 saturated heterocycles. The number of guanidine groups is 1. The van der Waals surface area contributed by atoms with Gasteiger partial charge in [-0.3, -0.25) is 9.98 Å². The van der Waals surface area contributed by atoms with Crippen molar-refractivity contribution >= 4 is 5.96 Å². The third kappa shape index (κ3) is 3.11. The van der Waals surface area contributed by atoms with Crippen LogP contribution in [0.5, 0.6) is 0 Å². The summed E-state index contributed by atoms with van der Waals surface area (Å²) in [6.45, 7) is 2.58. The Morgan fingerprint density at radius 2 is 2.38 bits per heavy atom. The second-order valence-corrected chi connectivity index (χ2v) is 2.73. The van der Waals surface area contributed by atoms with Crippen LogP contribution in [-0.4, -0.2) is 18.0 Å². The molecule has 0 aliphatic rings. The van der Waals surface area contributed by atoms with Gasteiger partial charge in [0.2, 0.25) is 0 Å². The Morgan fingerprint density at radius 1 is 1.62 bits per heavy atom. The van der Waals surface area contributed by atoms with Gasteiger partial charge in [-0.1, -0.05) is 6.07 Å². The zero-order chi connectivity index (χ0) is 9.68. The van der Waals surface area contributed by atoms with Crippen LogP contribution in [0.3, 0.4) is 0 Å². The molecule has 0 fully saturated rings. The van der Waals surface area contributed by atoms with Crippen molar-refractivity contribution in [1.82, 2.24) is 10.3 Å². The molecule has 0 saturated carbocycles. The Balaban J connectivity index is 2.55. The van der Waals surface area contributed by atoms with E-state index in [4.69, 9.17) is 5.73 Å². The lowest BCUT2D eigenvalue weighted by atomic mass is 10.3. The minimum Gasteiger partial charge on any atom is -0.370 e. The van der Waals surface area contributed by atoms with Crippen LogP contribution in [0.2, 0.25) is 0 Å². The third-order valence-corrected chi connectivity index (χ3v) is 1.64. The number of hydrogen-bond donors (Lipinski definition) is 2. The van der Waals surface area contributed by atoms with Crippen molar-refractivity contribution in [2.24, 2.45) is 10.7 Å². The number of aryl methyl sites for hydroxylation is 1. The summed E-state index contributed by atoms with van der Waals surface area (Å²) in [5.74, 6) is 0.434. The van der Waals surface area contributed by atoms with Crippen molar-refractivity contribution in [2.45, 2.75) is 13.5 Å². The number of rotatable bonds is 2. The van der Waals surface area contributed by atoms with Gasteiger partial charge in [0.1, 0.15) is 0 Å². The molecule has 0 unspecified atom stereocenters.